The second-order valence-corrected chi connectivity index (χ2v) is 5.29. The predicted octanol–water partition coefficient (Wildman–Crippen LogP) is 3.06. The Labute approximate surface area is 139 Å². The third-order valence-corrected chi connectivity index (χ3v) is 3.55. The van der Waals surface area contributed by atoms with Crippen LogP contribution in [0.1, 0.15) is 23.7 Å². The van der Waals surface area contributed by atoms with Gasteiger partial charge in [0.1, 0.15) is 13.2 Å². The van der Waals surface area contributed by atoms with E-state index in [9.17, 15) is 9.59 Å². The van der Waals surface area contributed by atoms with E-state index in [1.54, 1.807) is 49.4 Å². The minimum Gasteiger partial charge on any atom is -0.486 e. The minimum atomic E-state index is -0.239. The first-order valence-corrected chi connectivity index (χ1v) is 7.76. The van der Waals surface area contributed by atoms with Crippen molar-refractivity contribution in [1.29, 1.82) is 0 Å². The lowest BCUT2D eigenvalue weighted by Crippen LogP contribution is -2.17. The van der Waals surface area contributed by atoms with Crippen LogP contribution in [0.2, 0.25) is 0 Å². The fourth-order valence-electron chi connectivity index (χ4n) is 2.27. The van der Waals surface area contributed by atoms with Crippen LogP contribution in [0.25, 0.3) is 0 Å². The molecular formula is C18H18N2O4. The molecule has 1 aliphatic rings. The summed E-state index contributed by atoms with van der Waals surface area (Å²) in [4.78, 5) is 23.7. The van der Waals surface area contributed by atoms with Crippen molar-refractivity contribution in [2.24, 2.45) is 0 Å². The Bertz CT molecular complexity index is 756. The van der Waals surface area contributed by atoms with Gasteiger partial charge in [0.05, 0.1) is 0 Å². The van der Waals surface area contributed by atoms with Gasteiger partial charge in [-0.1, -0.05) is 6.92 Å². The number of ether oxygens (including phenoxy) is 2. The van der Waals surface area contributed by atoms with Crippen LogP contribution in [-0.4, -0.2) is 25.0 Å². The molecule has 2 N–H and O–H groups in total. The van der Waals surface area contributed by atoms with Crippen molar-refractivity contribution in [3.63, 3.8) is 0 Å². The zero-order chi connectivity index (χ0) is 16.9. The van der Waals surface area contributed by atoms with E-state index in [-0.39, 0.29) is 11.8 Å². The van der Waals surface area contributed by atoms with Crippen LogP contribution in [-0.2, 0) is 4.79 Å². The maximum absolute atomic E-state index is 12.3. The summed E-state index contributed by atoms with van der Waals surface area (Å²) >= 11 is 0. The number of hydrogen-bond acceptors (Lipinski definition) is 4. The SMILES string of the molecule is CCC(=O)Nc1ccc(NC(=O)c2ccc3c(c2)OCCO3)cc1. The third kappa shape index (κ3) is 3.65. The molecule has 24 heavy (non-hydrogen) atoms. The Kier molecular flexibility index (Phi) is 4.65. The molecule has 0 spiro atoms. The fourth-order valence-corrected chi connectivity index (χ4v) is 2.27. The molecule has 0 aliphatic carbocycles. The molecule has 3 rings (SSSR count). The highest BCUT2D eigenvalue weighted by Gasteiger charge is 2.15. The molecule has 6 heteroatoms. The Morgan fingerprint density at radius 2 is 1.54 bits per heavy atom. The summed E-state index contributed by atoms with van der Waals surface area (Å²) in [6.45, 7) is 2.78. The van der Waals surface area contributed by atoms with Gasteiger partial charge in [-0.15, -0.1) is 0 Å². The van der Waals surface area contributed by atoms with Crippen molar-refractivity contribution in [3.8, 4) is 11.5 Å². The van der Waals surface area contributed by atoms with Crippen LogP contribution in [0, 0.1) is 0 Å². The average Bonchev–Trinajstić information content (AvgIpc) is 2.62. The monoisotopic (exact) mass is 326 g/mol. The van der Waals surface area contributed by atoms with Gasteiger partial charge in [-0.3, -0.25) is 9.59 Å². The van der Waals surface area contributed by atoms with Crippen LogP contribution in [0.4, 0.5) is 11.4 Å². The summed E-state index contributed by atoms with van der Waals surface area (Å²) in [6.07, 6.45) is 0.419. The smallest absolute Gasteiger partial charge is 0.255 e. The standard InChI is InChI=1S/C18H18N2O4/c1-2-17(21)19-13-4-6-14(7-5-13)20-18(22)12-3-8-15-16(11-12)24-10-9-23-15/h3-8,11H,2,9-10H2,1H3,(H,19,21)(H,20,22). The number of nitrogens with one attached hydrogen (secondary N) is 2. The number of hydrogen-bond donors (Lipinski definition) is 2. The molecule has 0 saturated carbocycles. The molecule has 0 aromatic heterocycles. The highest BCUT2D eigenvalue weighted by atomic mass is 16.6. The van der Waals surface area contributed by atoms with E-state index in [4.69, 9.17) is 9.47 Å². The van der Waals surface area contributed by atoms with E-state index < -0.39 is 0 Å². The second kappa shape index (κ2) is 7.04. The van der Waals surface area contributed by atoms with Crippen molar-refractivity contribution in [1.82, 2.24) is 0 Å². The lowest BCUT2D eigenvalue weighted by atomic mass is 10.1. The fraction of sp³-hybridized carbons (Fsp3) is 0.222. The van der Waals surface area contributed by atoms with E-state index in [1.165, 1.54) is 0 Å². The summed E-state index contributed by atoms with van der Waals surface area (Å²) in [5.41, 5.74) is 1.83. The number of benzene rings is 2. The minimum absolute atomic E-state index is 0.0527. The number of amides is 2. The Morgan fingerprint density at radius 3 is 2.21 bits per heavy atom. The summed E-state index contributed by atoms with van der Waals surface area (Å²) in [5, 5.41) is 5.57. The number of carbonyl (C=O) groups excluding carboxylic acids is 2. The molecule has 2 amide bonds. The van der Waals surface area contributed by atoms with Crippen LogP contribution < -0.4 is 20.1 Å². The van der Waals surface area contributed by atoms with E-state index in [2.05, 4.69) is 10.6 Å². The molecule has 0 atom stereocenters. The molecule has 0 bridgehead atoms. The average molecular weight is 326 g/mol. The highest BCUT2D eigenvalue weighted by Crippen LogP contribution is 2.31. The summed E-state index contributed by atoms with van der Waals surface area (Å²) in [5.74, 6) is 0.931. The van der Waals surface area contributed by atoms with Gasteiger partial charge in [0.2, 0.25) is 5.91 Å². The maximum atomic E-state index is 12.3. The Balaban J connectivity index is 1.67. The molecule has 0 fully saturated rings. The molecule has 2 aromatic carbocycles. The first-order valence-electron chi connectivity index (χ1n) is 7.76. The Hall–Kier alpha value is -3.02. The predicted molar refractivity (Wildman–Crippen MR) is 90.7 cm³/mol. The molecule has 124 valence electrons. The van der Waals surface area contributed by atoms with Crippen molar-refractivity contribution >= 4 is 23.2 Å². The maximum Gasteiger partial charge on any atom is 0.255 e. The van der Waals surface area contributed by atoms with Gasteiger partial charge in [-0.05, 0) is 42.5 Å². The molecule has 0 saturated heterocycles. The molecule has 2 aromatic rings. The molecule has 6 nitrogen and oxygen atoms in total. The Morgan fingerprint density at radius 1 is 0.917 bits per heavy atom. The number of carbonyl (C=O) groups is 2. The van der Waals surface area contributed by atoms with Gasteiger partial charge in [-0.25, -0.2) is 0 Å². The van der Waals surface area contributed by atoms with Crippen LogP contribution in [0.15, 0.2) is 42.5 Å². The van der Waals surface area contributed by atoms with Crippen LogP contribution in [0.5, 0.6) is 11.5 Å². The van der Waals surface area contributed by atoms with Gasteiger partial charge in [0, 0.05) is 23.4 Å². The van der Waals surface area contributed by atoms with E-state index in [0.29, 0.717) is 48.1 Å². The topological polar surface area (TPSA) is 76.7 Å². The van der Waals surface area contributed by atoms with Gasteiger partial charge >= 0.3 is 0 Å². The first kappa shape index (κ1) is 15.9. The lowest BCUT2D eigenvalue weighted by molar-refractivity contribution is -0.115. The highest BCUT2D eigenvalue weighted by molar-refractivity contribution is 6.04. The number of fused-ring (bicyclic) bond motifs is 1. The van der Waals surface area contributed by atoms with Crippen molar-refractivity contribution in [2.45, 2.75) is 13.3 Å². The third-order valence-electron chi connectivity index (χ3n) is 3.55. The van der Waals surface area contributed by atoms with Crippen molar-refractivity contribution in [3.05, 3.63) is 48.0 Å². The first-order chi connectivity index (χ1) is 11.7. The normalized spacial score (nSPS) is 12.4. The van der Waals surface area contributed by atoms with Gasteiger partial charge in [-0.2, -0.15) is 0 Å². The summed E-state index contributed by atoms with van der Waals surface area (Å²) in [7, 11) is 0. The second-order valence-electron chi connectivity index (χ2n) is 5.29. The lowest BCUT2D eigenvalue weighted by Gasteiger charge is -2.18. The number of anilines is 2. The zero-order valence-corrected chi connectivity index (χ0v) is 13.3. The van der Waals surface area contributed by atoms with E-state index >= 15 is 0 Å². The molecule has 1 heterocycles. The summed E-state index contributed by atoms with van der Waals surface area (Å²) < 4.78 is 10.9. The quantitative estimate of drug-likeness (QED) is 0.905. The molecule has 1 aliphatic heterocycles. The summed E-state index contributed by atoms with van der Waals surface area (Å²) in [6, 6.07) is 12.0. The van der Waals surface area contributed by atoms with E-state index in [1.807, 2.05) is 0 Å². The van der Waals surface area contributed by atoms with Gasteiger partial charge < -0.3 is 20.1 Å². The van der Waals surface area contributed by atoms with Gasteiger partial charge in [0.25, 0.3) is 5.91 Å². The molecular weight excluding hydrogens is 308 g/mol. The van der Waals surface area contributed by atoms with Crippen molar-refractivity contribution in [2.75, 3.05) is 23.8 Å². The van der Waals surface area contributed by atoms with Gasteiger partial charge in [0.15, 0.2) is 11.5 Å². The molecule has 0 unspecified atom stereocenters. The number of rotatable bonds is 4. The van der Waals surface area contributed by atoms with Crippen molar-refractivity contribution < 1.29 is 19.1 Å². The zero-order valence-electron chi connectivity index (χ0n) is 13.3. The van der Waals surface area contributed by atoms with E-state index in [0.717, 1.165) is 0 Å². The van der Waals surface area contributed by atoms with Crippen LogP contribution >= 0.6 is 0 Å². The van der Waals surface area contributed by atoms with Crippen LogP contribution in [0.3, 0.4) is 0 Å². The molecule has 0 radical (unpaired) electrons. The largest absolute Gasteiger partial charge is 0.486 e.